The normalized spacial score (nSPS) is 14.1. The van der Waals surface area contributed by atoms with Crippen molar-refractivity contribution >= 4 is 33.3 Å². The average molecular weight is 500 g/mol. The molecule has 0 bridgehead atoms. The lowest BCUT2D eigenvalue weighted by Crippen LogP contribution is -2.35. The molecule has 1 aromatic carbocycles. The highest BCUT2D eigenvalue weighted by atomic mass is 32.2. The summed E-state index contributed by atoms with van der Waals surface area (Å²) >= 11 is 3.43. The third-order valence-corrected chi connectivity index (χ3v) is 8.80. The predicted molar refractivity (Wildman–Crippen MR) is 145 cm³/mol. The first kappa shape index (κ1) is 25.3. The van der Waals surface area contributed by atoms with Crippen LogP contribution in [0.15, 0.2) is 34.2 Å². The summed E-state index contributed by atoms with van der Waals surface area (Å²) in [5.74, 6) is 1.76. The van der Waals surface area contributed by atoms with Gasteiger partial charge in [0.25, 0.3) is 5.56 Å². The molecular weight excluding hydrogens is 462 g/mol. The molecule has 7 heteroatoms. The Balaban J connectivity index is 1.67. The molecule has 0 fully saturated rings. The third kappa shape index (κ3) is 5.52. The summed E-state index contributed by atoms with van der Waals surface area (Å²) in [7, 11) is 1.66. The summed E-state index contributed by atoms with van der Waals surface area (Å²) in [6, 6.07) is 8.25. The van der Waals surface area contributed by atoms with Crippen LogP contribution in [0.2, 0.25) is 0 Å². The maximum absolute atomic E-state index is 13.9. The van der Waals surface area contributed by atoms with Gasteiger partial charge < -0.3 is 4.74 Å². The quantitative estimate of drug-likeness (QED) is 0.167. The van der Waals surface area contributed by atoms with Gasteiger partial charge in [0.05, 0.1) is 18.2 Å². The van der Waals surface area contributed by atoms with Crippen LogP contribution >= 0.6 is 23.1 Å². The van der Waals surface area contributed by atoms with Crippen LogP contribution in [0.3, 0.4) is 0 Å². The molecular formula is C27H37N3O2S2. The molecule has 1 aliphatic rings. The first-order valence-electron chi connectivity index (χ1n) is 12.6. The second-order valence-electron chi connectivity index (χ2n) is 9.35. The van der Waals surface area contributed by atoms with Gasteiger partial charge in [-0.1, -0.05) is 50.8 Å². The van der Waals surface area contributed by atoms with Crippen molar-refractivity contribution in [2.45, 2.75) is 83.5 Å². The van der Waals surface area contributed by atoms with Crippen LogP contribution in [0.4, 0.5) is 0 Å². The van der Waals surface area contributed by atoms with Crippen LogP contribution in [0, 0.1) is 0 Å². The highest BCUT2D eigenvalue weighted by molar-refractivity contribution is 7.99. The van der Waals surface area contributed by atoms with E-state index in [-0.39, 0.29) is 5.56 Å². The largest absolute Gasteiger partial charge is 0.497 e. The Morgan fingerprint density at radius 3 is 2.56 bits per heavy atom. The maximum atomic E-state index is 13.9. The van der Waals surface area contributed by atoms with E-state index in [1.807, 2.05) is 28.8 Å². The monoisotopic (exact) mass is 499 g/mol. The van der Waals surface area contributed by atoms with Crippen molar-refractivity contribution in [1.29, 1.82) is 0 Å². The number of ether oxygens (including phenoxy) is 1. The molecule has 0 amide bonds. The minimum Gasteiger partial charge on any atom is -0.497 e. The zero-order chi connectivity index (χ0) is 24.1. The Kier molecular flexibility index (Phi) is 8.72. The van der Waals surface area contributed by atoms with E-state index in [1.54, 1.807) is 30.2 Å². The minimum atomic E-state index is 0.0658. The molecule has 0 N–H and O–H groups in total. The van der Waals surface area contributed by atoms with Gasteiger partial charge in [0.2, 0.25) is 0 Å². The molecule has 5 nitrogen and oxygen atoms in total. The van der Waals surface area contributed by atoms with Crippen LogP contribution in [-0.2, 0) is 13.0 Å². The summed E-state index contributed by atoms with van der Waals surface area (Å²) in [6.45, 7) is 8.64. The topological polar surface area (TPSA) is 47.4 Å². The van der Waals surface area contributed by atoms with E-state index >= 15 is 0 Å². The SMILES string of the molecule is CCCCCCCCSc1nc2sc3c(c2c(=O)n1-c1ccc(OC)cc1)CCN(C(C)C)C3. The van der Waals surface area contributed by atoms with Crippen LogP contribution in [0.25, 0.3) is 15.9 Å². The van der Waals surface area contributed by atoms with Gasteiger partial charge in [0.15, 0.2) is 5.16 Å². The Bertz CT molecular complexity index is 1150. The van der Waals surface area contributed by atoms with Crippen molar-refractivity contribution in [2.24, 2.45) is 0 Å². The number of unbranched alkanes of at least 4 members (excludes halogenated alkanes) is 5. The van der Waals surface area contributed by atoms with Crippen molar-refractivity contribution in [1.82, 2.24) is 14.5 Å². The highest BCUT2D eigenvalue weighted by Gasteiger charge is 2.26. The number of methoxy groups -OCH3 is 1. The first-order valence-corrected chi connectivity index (χ1v) is 14.4. The number of nitrogens with zero attached hydrogens (tertiary/aromatic N) is 3. The standard InChI is InChI=1S/C27H37N3O2S2/c1-5-6-7-8-9-10-17-33-27-28-25-24(22-15-16-29(19(2)3)18-23(22)34-25)26(31)30(27)20-11-13-21(32-4)14-12-20/h11-14,19H,5-10,15-18H2,1-4H3. The summed E-state index contributed by atoms with van der Waals surface area (Å²) in [6.07, 6.45) is 8.49. The van der Waals surface area contributed by atoms with E-state index in [4.69, 9.17) is 9.72 Å². The van der Waals surface area contributed by atoms with E-state index in [2.05, 4.69) is 25.7 Å². The number of thiophene rings is 1. The summed E-state index contributed by atoms with van der Waals surface area (Å²) < 4.78 is 7.16. The lowest BCUT2D eigenvalue weighted by Gasteiger charge is -2.30. The van der Waals surface area contributed by atoms with E-state index in [0.29, 0.717) is 6.04 Å². The average Bonchev–Trinajstić information content (AvgIpc) is 3.21. The van der Waals surface area contributed by atoms with Gasteiger partial charge in [-0.3, -0.25) is 14.3 Å². The third-order valence-electron chi connectivity index (χ3n) is 6.66. The molecule has 0 spiro atoms. The number of hydrogen-bond acceptors (Lipinski definition) is 6. The number of benzene rings is 1. The zero-order valence-electron chi connectivity index (χ0n) is 20.9. The number of fused-ring (bicyclic) bond motifs is 3. The van der Waals surface area contributed by atoms with Crippen molar-refractivity contribution < 1.29 is 4.74 Å². The molecule has 3 heterocycles. The Labute approximate surface area is 211 Å². The van der Waals surface area contributed by atoms with Crippen molar-refractivity contribution in [3.8, 4) is 11.4 Å². The minimum absolute atomic E-state index is 0.0658. The lowest BCUT2D eigenvalue weighted by molar-refractivity contribution is 0.206. The van der Waals surface area contributed by atoms with Crippen molar-refractivity contribution in [3.05, 3.63) is 45.1 Å². The van der Waals surface area contributed by atoms with E-state index in [9.17, 15) is 4.79 Å². The molecule has 34 heavy (non-hydrogen) atoms. The second-order valence-corrected chi connectivity index (χ2v) is 11.5. The molecule has 0 saturated carbocycles. The molecule has 4 rings (SSSR count). The molecule has 0 saturated heterocycles. The van der Waals surface area contributed by atoms with Crippen LogP contribution in [0.5, 0.6) is 5.75 Å². The highest BCUT2D eigenvalue weighted by Crippen LogP contribution is 2.35. The Morgan fingerprint density at radius 1 is 1.12 bits per heavy atom. The molecule has 0 unspecified atom stereocenters. The van der Waals surface area contributed by atoms with Crippen molar-refractivity contribution in [2.75, 3.05) is 19.4 Å². The van der Waals surface area contributed by atoms with Gasteiger partial charge in [0.1, 0.15) is 10.6 Å². The lowest BCUT2D eigenvalue weighted by atomic mass is 10.0. The molecule has 0 radical (unpaired) electrons. The van der Waals surface area contributed by atoms with E-state index < -0.39 is 0 Å². The van der Waals surface area contributed by atoms with Gasteiger partial charge in [-0.25, -0.2) is 4.98 Å². The van der Waals surface area contributed by atoms with Gasteiger partial charge in [0, 0.05) is 29.8 Å². The smallest absolute Gasteiger partial charge is 0.267 e. The number of aromatic nitrogens is 2. The molecule has 0 aliphatic carbocycles. The van der Waals surface area contributed by atoms with Gasteiger partial charge >= 0.3 is 0 Å². The summed E-state index contributed by atoms with van der Waals surface area (Å²) in [5, 5.41) is 1.62. The van der Waals surface area contributed by atoms with E-state index in [1.165, 1.54) is 42.5 Å². The molecule has 3 aromatic rings. The van der Waals surface area contributed by atoms with Gasteiger partial charge in [-0.15, -0.1) is 11.3 Å². The molecule has 184 valence electrons. The Hall–Kier alpha value is -1.83. The fraction of sp³-hybridized carbons (Fsp3) is 0.556. The molecule has 1 aliphatic heterocycles. The Morgan fingerprint density at radius 2 is 1.85 bits per heavy atom. The van der Waals surface area contributed by atoms with E-state index in [0.717, 1.165) is 58.5 Å². The first-order chi connectivity index (χ1) is 16.5. The molecule has 2 aromatic heterocycles. The fourth-order valence-corrected chi connectivity index (χ4v) is 6.88. The zero-order valence-corrected chi connectivity index (χ0v) is 22.6. The number of rotatable bonds is 11. The summed E-state index contributed by atoms with van der Waals surface area (Å²) in [4.78, 5) is 23.7. The molecule has 0 atom stereocenters. The fourth-order valence-electron chi connectivity index (χ4n) is 4.59. The number of thioether (sulfide) groups is 1. The van der Waals surface area contributed by atoms with Gasteiger partial charge in [-0.05, 0) is 56.5 Å². The van der Waals surface area contributed by atoms with Crippen molar-refractivity contribution in [3.63, 3.8) is 0 Å². The maximum Gasteiger partial charge on any atom is 0.267 e. The number of hydrogen-bond donors (Lipinski definition) is 0. The second kappa shape index (κ2) is 11.7. The van der Waals surface area contributed by atoms with Crippen LogP contribution in [0.1, 0.15) is 69.7 Å². The summed E-state index contributed by atoms with van der Waals surface area (Å²) in [5.41, 5.74) is 2.13. The van der Waals surface area contributed by atoms with Gasteiger partial charge in [-0.2, -0.15) is 0 Å². The predicted octanol–water partition coefficient (Wildman–Crippen LogP) is 6.67. The van der Waals surface area contributed by atoms with Crippen LogP contribution in [-0.4, -0.2) is 39.9 Å². The van der Waals surface area contributed by atoms with Crippen LogP contribution < -0.4 is 10.3 Å².